The Labute approximate surface area is 160 Å². The van der Waals surface area contributed by atoms with Crippen molar-refractivity contribution in [1.82, 2.24) is 9.97 Å². The summed E-state index contributed by atoms with van der Waals surface area (Å²) in [5, 5.41) is 0.959. The molecular formula is C21H28N4S. The number of aromatic nitrogens is 2. The fourth-order valence-corrected chi connectivity index (χ4v) is 5.43. The molecule has 1 aliphatic carbocycles. The Morgan fingerprint density at radius 2 is 1.96 bits per heavy atom. The maximum atomic E-state index is 6.40. The van der Waals surface area contributed by atoms with Crippen molar-refractivity contribution in [2.24, 2.45) is 11.1 Å². The van der Waals surface area contributed by atoms with E-state index >= 15 is 0 Å². The number of benzene rings is 1. The first-order chi connectivity index (χ1) is 12.7. The molecule has 0 radical (unpaired) electrons. The van der Waals surface area contributed by atoms with E-state index in [1.165, 1.54) is 42.6 Å². The van der Waals surface area contributed by atoms with Crippen LogP contribution in [0.25, 0.3) is 0 Å². The Hall–Kier alpha value is -1.59. The molecular weight excluding hydrogens is 340 g/mol. The number of aryl methyl sites for hydroxylation is 1. The zero-order valence-corrected chi connectivity index (χ0v) is 16.3. The standard InChI is InChI=1S/C21H28N4S/c1-2-16-6-3-4-7-17(16)26-20-15-23-19(14-24-20)25-12-10-21(11-13-25)9-5-8-18(21)22/h3-4,6-7,14-15,18H,2,5,8-13,22H2,1H3/t18-/m0/s1. The number of piperidine rings is 1. The van der Waals surface area contributed by atoms with Gasteiger partial charge in [-0.15, -0.1) is 0 Å². The van der Waals surface area contributed by atoms with Crippen molar-refractivity contribution in [1.29, 1.82) is 0 Å². The van der Waals surface area contributed by atoms with Crippen LogP contribution in [-0.4, -0.2) is 29.1 Å². The summed E-state index contributed by atoms with van der Waals surface area (Å²) in [5.74, 6) is 1.000. The molecule has 1 atom stereocenters. The van der Waals surface area contributed by atoms with Crippen molar-refractivity contribution < 1.29 is 0 Å². The molecule has 4 nitrogen and oxygen atoms in total. The first kappa shape index (κ1) is 17.8. The van der Waals surface area contributed by atoms with Gasteiger partial charge in [0.15, 0.2) is 0 Å². The van der Waals surface area contributed by atoms with E-state index in [9.17, 15) is 0 Å². The second kappa shape index (κ2) is 7.57. The quantitative estimate of drug-likeness (QED) is 0.872. The van der Waals surface area contributed by atoms with Crippen LogP contribution in [0.5, 0.6) is 0 Å². The average molecular weight is 369 g/mol. The van der Waals surface area contributed by atoms with Crippen LogP contribution in [0.15, 0.2) is 46.6 Å². The third kappa shape index (κ3) is 3.47. The third-order valence-electron chi connectivity index (χ3n) is 6.24. The van der Waals surface area contributed by atoms with E-state index in [1.807, 2.05) is 12.4 Å². The molecule has 1 saturated heterocycles. The largest absolute Gasteiger partial charge is 0.355 e. The molecule has 5 heteroatoms. The van der Waals surface area contributed by atoms with Gasteiger partial charge >= 0.3 is 0 Å². The summed E-state index contributed by atoms with van der Waals surface area (Å²) in [6.07, 6.45) is 11.1. The molecule has 1 aliphatic heterocycles. The number of anilines is 1. The summed E-state index contributed by atoms with van der Waals surface area (Å²) in [5.41, 5.74) is 8.15. The van der Waals surface area contributed by atoms with Crippen LogP contribution in [0.1, 0.15) is 44.6 Å². The molecule has 0 bridgehead atoms. The predicted molar refractivity (Wildman–Crippen MR) is 108 cm³/mol. The lowest BCUT2D eigenvalue weighted by molar-refractivity contribution is 0.197. The van der Waals surface area contributed by atoms with E-state index in [1.54, 1.807) is 11.8 Å². The van der Waals surface area contributed by atoms with Gasteiger partial charge in [-0.1, -0.05) is 43.3 Å². The highest BCUT2D eigenvalue weighted by Crippen LogP contribution is 2.45. The van der Waals surface area contributed by atoms with E-state index in [2.05, 4.69) is 41.1 Å². The van der Waals surface area contributed by atoms with Gasteiger partial charge in [-0.3, -0.25) is 0 Å². The SMILES string of the molecule is CCc1ccccc1Sc1cnc(N2CCC3(CCC[C@@H]3N)CC2)cn1. The Bertz CT molecular complexity index is 738. The van der Waals surface area contributed by atoms with Gasteiger partial charge in [-0.05, 0) is 49.1 Å². The lowest BCUT2D eigenvalue weighted by Gasteiger charge is -2.42. The molecule has 2 heterocycles. The van der Waals surface area contributed by atoms with Crippen molar-refractivity contribution in [3.63, 3.8) is 0 Å². The molecule has 2 aliphatic rings. The van der Waals surface area contributed by atoms with Gasteiger partial charge in [0.25, 0.3) is 0 Å². The fourth-order valence-electron chi connectivity index (χ4n) is 4.50. The van der Waals surface area contributed by atoms with Crippen molar-refractivity contribution in [3.8, 4) is 0 Å². The lowest BCUT2D eigenvalue weighted by atomic mass is 9.74. The van der Waals surface area contributed by atoms with Crippen molar-refractivity contribution >= 4 is 17.6 Å². The summed E-state index contributed by atoms with van der Waals surface area (Å²) in [6, 6.07) is 8.92. The van der Waals surface area contributed by atoms with Gasteiger partial charge in [0.1, 0.15) is 10.8 Å². The molecule has 138 valence electrons. The average Bonchev–Trinajstić information content (AvgIpc) is 3.03. The van der Waals surface area contributed by atoms with Crippen LogP contribution in [-0.2, 0) is 6.42 Å². The van der Waals surface area contributed by atoms with E-state index < -0.39 is 0 Å². The Morgan fingerprint density at radius 1 is 1.15 bits per heavy atom. The minimum Gasteiger partial charge on any atom is -0.355 e. The minimum atomic E-state index is 0.392. The first-order valence-corrected chi connectivity index (χ1v) is 10.6. The zero-order chi connectivity index (χ0) is 18.0. The van der Waals surface area contributed by atoms with Crippen LogP contribution in [0.3, 0.4) is 0 Å². The van der Waals surface area contributed by atoms with E-state index in [-0.39, 0.29) is 0 Å². The van der Waals surface area contributed by atoms with E-state index in [0.717, 1.165) is 30.4 Å². The van der Waals surface area contributed by atoms with Gasteiger partial charge < -0.3 is 10.6 Å². The predicted octanol–water partition coefficient (Wildman–Crippen LogP) is 4.29. The van der Waals surface area contributed by atoms with Gasteiger partial charge in [-0.2, -0.15) is 0 Å². The third-order valence-corrected chi connectivity index (χ3v) is 7.28. The molecule has 2 N–H and O–H groups in total. The zero-order valence-electron chi connectivity index (χ0n) is 15.5. The van der Waals surface area contributed by atoms with Gasteiger partial charge in [-0.25, -0.2) is 9.97 Å². The van der Waals surface area contributed by atoms with Crippen LogP contribution in [0, 0.1) is 5.41 Å². The summed E-state index contributed by atoms with van der Waals surface area (Å²) in [7, 11) is 0. The van der Waals surface area contributed by atoms with E-state index in [0.29, 0.717) is 11.5 Å². The lowest BCUT2D eigenvalue weighted by Crippen LogP contribution is -2.47. The topological polar surface area (TPSA) is 55.0 Å². The monoisotopic (exact) mass is 368 g/mol. The maximum absolute atomic E-state index is 6.40. The van der Waals surface area contributed by atoms with Crippen LogP contribution < -0.4 is 10.6 Å². The molecule has 1 aromatic carbocycles. The highest BCUT2D eigenvalue weighted by Gasteiger charge is 2.42. The number of hydrogen-bond acceptors (Lipinski definition) is 5. The molecule has 0 amide bonds. The molecule has 4 rings (SSSR count). The van der Waals surface area contributed by atoms with Crippen molar-refractivity contribution in [2.75, 3.05) is 18.0 Å². The Morgan fingerprint density at radius 3 is 2.62 bits per heavy atom. The second-order valence-corrected chi connectivity index (χ2v) is 8.69. The van der Waals surface area contributed by atoms with Gasteiger partial charge in [0.05, 0.1) is 12.4 Å². The molecule has 1 spiro atoms. The smallest absolute Gasteiger partial charge is 0.147 e. The molecule has 0 unspecified atom stereocenters. The normalized spacial score (nSPS) is 22.1. The number of hydrogen-bond donors (Lipinski definition) is 1. The molecule has 1 saturated carbocycles. The minimum absolute atomic E-state index is 0.392. The molecule has 2 fully saturated rings. The summed E-state index contributed by atoms with van der Waals surface area (Å²) in [4.78, 5) is 13.0. The van der Waals surface area contributed by atoms with Crippen molar-refractivity contribution in [3.05, 3.63) is 42.2 Å². The molecule has 1 aromatic heterocycles. The Balaban J connectivity index is 1.41. The summed E-state index contributed by atoms with van der Waals surface area (Å²) >= 11 is 1.70. The highest BCUT2D eigenvalue weighted by atomic mass is 32.2. The maximum Gasteiger partial charge on any atom is 0.147 e. The molecule has 2 aromatic rings. The van der Waals surface area contributed by atoms with Gasteiger partial charge in [0, 0.05) is 24.0 Å². The van der Waals surface area contributed by atoms with Gasteiger partial charge in [0.2, 0.25) is 0 Å². The van der Waals surface area contributed by atoms with Crippen LogP contribution >= 0.6 is 11.8 Å². The number of nitrogens with two attached hydrogens (primary N) is 1. The molecule has 26 heavy (non-hydrogen) atoms. The second-order valence-electron chi connectivity index (χ2n) is 7.62. The first-order valence-electron chi connectivity index (χ1n) is 9.78. The van der Waals surface area contributed by atoms with Crippen LogP contribution in [0.2, 0.25) is 0 Å². The highest BCUT2D eigenvalue weighted by molar-refractivity contribution is 7.99. The van der Waals surface area contributed by atoms with Crippen molar-refractivity contribution in [2.45, 2.75) is 61.4 Å². The number of nitrogens with zero attached hydrogens (tertiary/aromatic N) is 3. The fraction of sp³-hybridized carbons (Fsp3) is 0.524. The summed E-state index contributed by atoms with van der Waals surface area (Å²) < 4.78 is 0. The van der Waals surface area contributed by atoms with E-state index in [4.69, 9.17) is 10.7 Å². The summed E-state index contributed by atoms with van der Waals surface area (Å²) in [6.45, 7) is 4.29. The number of rotatable bonds is 4. The van der Waals surface area contributed by atoms with Crippen LogP contribution in [0.4, 0.5) is 5.82 Å². The Kier molecular flexibility index (Phi) is 5.18.